The van der Waals surface area contributed by atoms with Crippen LogP contribution in [0.3, 0.4) is 0 Å². The third kappa shape index (κ3) is 3.43. The van der Waals surface area contributed by atoms with Crippen LogP contribution in [0.4, 0.5) is 8.78 Å². The summed E-state index contributed by atoms with van der Waals surface area (Å²) in [5.74, 6) is 1.54. The van der Waals surface area contributed by atoms with Crippen molar-refractivity contribution in [3.63, 3.8) is 0 Å². The first kappa shape index (κ1) is 15.1. The molecule has 0 N–H and O–H groups in total. The summed E-state index contributed by atoms with van der Waals surface area (Å²) in [6, 6.07) is 7.23. The zero-order valence-corrected chi connectivity index (χ0v) is 12.2. The van der Waals surface area contributed by atoms with Crippen LogP contribution >= 0.6 is 12.6 Å². The van der Waals surface area contributed by atoms with Crippen LogP contribution in [0.15, 0.2) is 30.8 Å². The largest absolute Gasteiger partial charge is 0.314 e. The Bertz CT molecular complexity index is 534. The first-order chi connectivity index (χ1) is 9.54. The van der Waals surface area contributed by atoms with Crippen LogP contribution in [0.1, 0.15) is 42.7 Å². The molecule has 0 saturated carbocycles. The van der Waals surface area contributed by atoms with Crippen LogP contribution < -0.4 is 0 Å². The van der Waals surface area contributed by atoms with Gasteiger partial charge in [-0.15, -0.1) is 0 Å². The van der Waals surface area contributed by atoms with E-state index in [1.54, 1.807) is 12.1 Å². The van der Waals surface area contributed by atoms with Crippen molar-refractivity contribution < 1.29 is 8.78 Å². The second-order valence-corrected chi connectivity index (χ2v) is 5.42. The van der Waals surface area contributed by atoms with Crippen molar-refractivity contribution in [3.8, 4) is 11.8 Å². The van der Waals surface area contributed by atoms with E-state index < -0.39 is 11.8 Å². The third-order valence-corrected chi connectivity index (χ3v) is 4.03. The molecule has 0 spiro atoms. The van der Waals surface area contributed by atoms with Crippen LogP contribution in [0.25, 0.3) is 5.57 Å². The maximum atomic E-state index is 14.1. The predicted molar refractivity (Wildman–Crippen MR) is 83.3 cm³/mol. The quantitative estimate of drug-likeness (QED) is 0.593. The van der Waals surface area contributed by atoms with Gasteiger partial charge in [-0.3, -0.25) is 0 Å². The Morgan fingerprint density at radius 1 is 1.30 bits per heavy atom. The van der Waals surface area contributed by atoms with Crippen molar-refractivity contribution in [2.75, 3.05) is 5.75 Å². The summed E-state index contributed by atoms with van der Waals surface area (Å²) in [6.07, 6.45) is 2.74. The zero-order valence-electron chi connectivity index (χ0n) is 11.3. The Balaban J connectivity index is 2.28. The van der Waals surface area contributed by atoms with Gasteiger partial charge in [0.05, 0.1) is 5.92 Å². The normalized spacial score (nSPS) is 21.2. The molecule has 20 heavy (non-hydrogen) atoms. The summed E-state index contributed by atoms with van der Waals surface area (Å²) in [6.45, 7) is 3.89. The summed E-state index contributed by atoms with van der Waals surface area (Å²) >= 11 is 4.17. The summed E-state index contributed by atoms with van der Waals surface area (Å²) in [7, 11) is 0. The number of rotatable bonds is 3. The molecule has 1 aliphatic carbocycles. The second-order valence-electron chi connectivity index (χ2n) is 5.11. The smallest absolute Gasteiger partial charge is 0.191 e. The van der Waals surface area contributed by atoms with Crippen LogP contribution in [0.2, 0.25) is 0 Å². The van der Waals surface area contributed by atoms with Crippen molar-refractivity contribution in [1.29, 1.82) is 0 Å². The molecule has 1 atom stereocenters. The Morgan fingerprint density at radius 3 is 2.65 bits per heavy atom. The van der Waals surface area contributed by atoms with Gasteiger partial charge in [-0.1, -0.05) is 43.2 Å². The fourth-order valence-electron chi connectivity index (χ4n) is 2.43. The Labute approximate surface area is 124 Å². The molecule has 0 saturated heterocycles. The lowest BCUT2D eigenvalue weighted by molar-refractivity contribution is 0.0296. The summed E-state index contributed by atoms with van der Waals surface area (Å²) < 4.78 is 28.2. The third-order valence-electron chi connectivity index (χ3n) is 3.65. The molecule has 0 bridgehead atoms. The Hall–Kier alpha value is -1.27. The summed E-state index contributed by atoms with van der Waals surface area (Å²) in [4.78, 5) is 0. The van der Waals surface area contributed by atoms with E-state index in [2.05, 4.69) is 31.0 Å². The average molecular weight is 292 g/mol. The number of thiol groups is 1. The predicted octanol–water partition coefficient (Wildman–Crippen LogP) is 4.93. The molecule has 0 fully saturated rings. The monoisotopic (exact) mass is 292 g/mol. The number of alkyl halides is 2. The fourth-order valence-corrected chi connectivity index (χ4v) is 2.61. The first-order valence-corrected chi connectivity index (χ1v) is 7.44. The number of hydrogen-bond donors (Lipinski definition) is 1. The summed E-state index contributed by atoms with van der Waals surface area (Å²) in [5, 5.41) is 0. The van der Waals surface area contributed by atoms with Gasteiger partial charge in [0.2, 0.25) is 0 Å². The SMILES string of the molecule is C=C(CS)c1ccc(C2CCCCC#CC2(F)F)cc1. The molecular weight excluding hydrogens is 274 g/mol. The van der Waals surface area contributed by atoms with E-state index in [0.717, 1.165) is 24.0 Å². The van der Waals surface area contributed by atoms with Crippen LogP contribution in [-0.4, -0.2) is 11.7 Å². The molecule has 0 amide bonds. The minimum atomic E-state index is -2.94. The molecule has 0 heterocycles. The summed E-state index contributed by atoms with van der Waals surface area (Å²) in [5.41, 5.74) is 2.50. The molecule has 0 aliphatic heterocycles. The van der Waals surface area contributed by atoms with Crippen molar-refractivity contribution in [2.24, 2.45) is 0 Å². The Morgan fingerprint density at radius 2 is 2.00 bits per heavy atom. The molecule has 3 heteroatoms. The molecule has 0 nitrogen and oxygen atoms in total. The van der Waals surface area contributed by atoms with Crippen LogP contribution in [0, 0.1) is 11.8 Å². The molecule has 2 rings (SSSR count). The maximum absolute atomic E-state index is 14.1. The van der Waals surface area contributed by atoms with E-state index in [1.165, 1.54) is 0 Å². The maximum Gasteiger partial charge on any atom is 0.314 e. The van der Waals surface area contributed by atoms with Gasteiger partial charge in [0.15, 0.2) is 0 Å². The molecule has 0 aromatic heterocycles. The second kappa shape index (κ2) is 6.45. The van der Waals surface area contributed by atoms with E-state index >= 15 is 0 Å². The molecule has 1 unspecified atom stereocenters. The van der Waals surface area contributed by atoms with E-state index in [-0.39, 0.29) is 0 Å². The lowest BCUT2D eigenvalue weighted by Crippen LogP contribution is -2.25. The topological polar surface area (TPSA) is 0 Å². The van der Waals surface area contributed by atoms with Gasteiger partial charge in [-0.2, -0.15) is 21.4 Å². The van der Waals surface area contributed by atoms with Gasteiger partial charge in [0.1, 0.15) is 0 Å². The lowest BCUT2D eigenvalue weighted by Gasteiger charge is -2.24. The van der Waals surface area contributed by atoms with E-state index in [4.69, 9.17) is 0 Å². The zero-order chi connectivity index (χ0) is 14.6. The highest BCUT2D eigenvalue weighted by molar-refractivity contribution is 7.80. The van der Waals surface area contributed by atoms with Gasteiger partial charge >= 0.3 is 5.92 Å². The molecule has 1 aromatic carbocycles. The standard InChI is InChI=1S/C17H18F2S/c1-13(12-20)14-7-9-15(10-8-14)16-6-4-2-3-5-11-17(16,18)19/h7-10,16,20H,1-4,6,12H2. The molecule has 1 aliphatic rings. The van der Waals surface area contributed by atoms with Crippen LogP contribution in [0.5, 0.6) is 0 Å². The number of hydrogen-bond acceptors (Lipinski definition) is 1. The highest BCUT2D eigenvalue weighted by atomic mass is 32.1. The highest BCUT2D eigenvalue weighted by Crippen LogP contribution is 2.38. The average Bonchev–Trinajstić information content (AvgIpc) is 2.43. The van der Waals surface area contributed by atoms with Gasteiger partial charge in [0, 0.05) is 12.2 Å². The first-order valence-electron chi connectivity index (χ1n) is 6.81. The van der Waals surface area contributed by atoms with Crippen molar-refractivity contribution >= 4 is 18.2 Å². The van der Waals surface area contributed by atoms with Crippen LogP contribution in [-0.2, 0) is 0 Å². The van der Waals surface area contributed by atoms with E-state index in [0.29, 0.717) is 24.2 Å². The van der Waals surface area contributed by atoms with Gasteiger partial charge in [0.25, 0.3) is 0 Å². The highest BCUT2D eigenvalue weighted by Gasteiger charge is 2.38. The fraction of sp³-hybridized carbons (Fsp3) is 0.412. The van der Waals surface area contributed by atoms with Crippen molar-refractivity contribution in [2.45, 2.75) is 37.5 Å². The molecule has 0 radical (unpaired) electrons. The Kier molecular flexibility index (Phi) is 4.88. The van der Waals surface area contributed by atoms with Crippen molar-refractivity contribution in [1.82, 2.24) is 0 Å². The van der Waals surface area contributed by atoms with Gasteiger partial charge < -0.3 is 0 Å². The minimum Gasteiger partial charge on any atom is -0.191 e. The minimum absolute atomic E-state index is 0.481. The van der Waals surface area contributed by atoms with Gasteiger partial charge in [-0.25, -0.2) is 0 Å². The van der Waals surface area contributed by atoms with E-state index in [9.17, 15) is 8.78 Å². The molecule has 106 valence electrons. The number of halogens is 2. The van der Waals surface area contributed by atoms with E-state index in [1.807, 2.05) is 12.1 Å². The van der Waals surface area contributed by atoms with Crippen molar-refractivity contribution in [3.05, 3.63) is 42.0 Å². The van der Waals surface area contributed by atoms with Gasteiger partial charge in [-0.05, 0) is 35.5 Å². The molecule has 1 aromatic rings. The number of benzene rings is 1. The lowest BCUT2D eigenvalue weighted by atomic mass is 9.86. The molecular formula is C17H18F2S.